The van der Waals surface area contributed by atoms with Crippen molar-refractivity contribution in [3.63, 3.8) is 0 Å². The van der Waals surface area contributed by atoms with Gasteiger partial charge in [0.1, 0.15) is 0 Å². The molecule has 0 atom stereocenters. The summed E-state index contributed by atoms with van der Waals surface area (Å²) < 4.78 is 5.63. The fourth-order valence-electron chi connectivity index (χ4n) is 0.477. The SMILES string of the molecule is CCNC(=S)P=[N+]=PC(=S)NCC. The zero-order chi connectivity index (χ0) is 10.1. The first-order chi connectivity index (χ1) is 6.20. The Hall–Kier alpha value is 0.0900. The molecule has 0 saturated heterocycles. The molecular formula is C6H12N3P2S2+. The van der Waals surface area contributed by atoms with Gasteiger partial charge in [-0.15, -0.1) is 0 Å². The molecule has 0 aliphatic carbocycles. The van der Waals surface area contributed by atoms with Crippen LogP contribution in [-0.4, -0.2) is 22.5 Å². The third-order valence-corrected chi connectivity index (χ3v) is 3.10. The van der Waals surface area contributed by atoms with E-state index in [9.17, 15) is 0 Å². The van der Waals surface area contributed by atoms with Crippen LogP contribution in [0.15, 0.2) is 0 Å². The third kappa shape index (κ3) is 8.42. The molecule has 0 aliphatic heterocycles. The van der Waals surface area contributed by atoms with E-state index in [1.165, 1.54) is 0 Å². The van der Waals surface area contributed by atoms with Gasteiger partial charge in [0, 0.05) is 13.1 Å². The lowest BCUT2D eigenvalue weighted by molar-refractivity contribution is 0.994. The topological polar surface area (TPSA) is 38.2 Å². The van der Waals surface area contributed by atoms with Crippen molar-refractivity contribution in [1.82, 2.24) is 14.8 Å². The van der Waals surface area contributed by atoms with Crippen molar-refractivity contribution >= 4 is 50.6 Å². The first kappa shape index (κ1) is 13.1. The molecule has 0 bridgehead atoms. The molecule has 0 unspecified atom stereocenters. The van der Waals surface area contributed by atoms with Gasteiger partial charge in [0.05, 0.1) is 0 Å². The van der Waals surface area contributed by atoms with Crippen molar-refractivity contribution in [3.05, 3.63) is 0 Å². The highest BCUT2D eigenvalue weighted by Crippen LogP contribution is 1.99. The minimum Gasteiger partial charge on any atom is -0.367 e. The Morgan fingerprint density at radius 3 is 1.77 bits per heavy atom. The summed E-state index contributed by atoms with van der Waals surface area (Å²) in [5, 5.41) is 6.02. The molecule has 3 nitrogen and oxygen atoms in total. The molecule has 0 aromatic rings. The summed E-state index contributed by atoms with van der Waals surface area (Å²) in [6.45, 7) is 5.69. The number of nitrogens with zero attached hydrogens (tertiary/aromatic N) is 1. The Balaban J connectivity index is 3.94. The van der Waals surface area contributed by atoms with Gasteiger partial charge in [-0.2, -0.15) is 0 Å². The summed E-state index contributed by atoms with van der Waals surface area (Å²) in [7, 11) is 1.58. The molecule has 7 heteroatoms. The zero-order valence-electron chi connectivity index (χ0n) is 7.57. The van der Waals surface area contributed by atoms with Crippen LogP contribution in [0.1, 0.15) is 13.8 Å². The standard InChI is InChI=1S/C6H11N3P2S2/c1-3-7-5(12)10-9-11-6(13)8-4-2/h3-4H2,1-2H3,(H-,7,8,12,13)/p+1. The van der Waals surface area contributed by atoms with E-state index in [4.69, 9.17) is 24.4 Å². The molecule has 0 radical (unpaired) electrons. The van der Waals surface area contributed by atoms with E-state index in [0.29, 0.717) is 0 Å². The summed E-state index contributed by atoms with van der Waals surface area (Å²) in [4.78, 5) is 0. The Morgan fingerprint density at radius 1 is 1.08 bits per heavy atom. The van der Waals surface area contributed by atoms with Crippen molar-refractivity contribution in [2.75, 3.05) is 13.1 Å². The van der Waals surface area contributed by atoms with E-state index in [-0.39, 0.29) is 0 Å². The summed E-state index contributed by atoms with van der Waals surface area (Å²) >= 11 is 9.97. The largest absolute Gasteiger partial charge is 0.430 e. The molecule has 0 fully saturated rings. The first-order valence-corrected chi connectivity index (χ1v) is 6.39. The average molecular weight is 252 g/mol. The van der Waals surface area contributed by atoms with E-state index in [2.05, 4.69) is 14.8 Å². The van der Waals surface area contributed by atoms with E-state index in [1.54, 1.807) is 0 Å². The van der Waals surface area contributed by atoms with Crippen LogP contribution in [0, 0.1) is 0 Å². The second kappa shape index (κ2) is 8.68. The Morgan fingerprint density at radius 2 is 1.46 bits per heavy atom. The molecule has 0 heterocycles. The van der Waals surface area contributed by atoms with Crippen molar-refractivity contribution in [3.8, 4) is 0 Å². The summed E-state index contributed by atoms with van der Waals surface area (Å²) in [5.74, 6) is 0. The molecule has 0 rings (SSSR count). The van der Waals surface area contributed by atoms with Gasteiger partial charge in [0.2, 0.25) is 9.46 Å². The minimum absolute atomic E-state index is 0.745. The van der Waals surface area contributed by atoms with Crippen molar-refractivity contribution in [2.45, 2.75) is 13.8 Å². The van der Waals surface area contributed by atoms with Crippen molar-refractivity contribution < 1.29 is 0 Å². The van der Waals surface area contributed by atoms with E-state index in [1.807, 2.05) is 13.8 Å². The smallest absolute Gasteiger partial charge is 0.367 e. The Bertz CT molecular complexity index is 226. The predicted molar refractivity (Wildman–Crippen MR) is 68.5 cm³/mol. The maximum atomic E-state index is 4.98. The second-order valence-electron chi connectivity index (χ2n) is 1.96. The fraction of sp³-hybridized carbons (Fsp3) is 0.667. The summed E-state index contributed by atoms with van der Waals surface area (Å²) in [6, 6.07) is 0. The Kier molecular flexibility index (Phi) is 8.74. The van der Waals surface area contributed by atoms with E-state index >= 15 is 0 Å². The lowest BCUT2D eigenvalue weighted by Gasteiger charge is -1.89. The van der Waals surface area contributed by atoms with Crippen LogP contribution in [0.4, 0.5) is 0 Å². The van der Waals surface area contributed by atoms with Crippen LogP contribution >= 0.6 is 41.2 Å². The van der Waals surface area contributed by atoms with E-state index < -0.39 is 0 Å². The van der Waals surface area contributed by atoms with Gasteiger partial charge in [-0.25, -0.2) is 0 Å². The van der Waals surface area contributed by atoms with Crippen molar-refractivity contribution in [2.24, 2.45) is 0 Å². The number of rotatable bonds is 4. The summed E-state index contributed by atoms with van der Waals surface area (Å²) in [5.41, 5.74) is 0. The van der Waals surface area contributed by atoms with Gasteiger partial charge in [-0.05, 0) is 38.3 Å². The van der Waals surface area contributed by atoms with Gasteiger partial charge in [-0.1, -0.05) is 4.17 Å². The normalized spacial score (nSPS) is 9.38. The number of hydrogen-bond acceptors (Lipinski definition) is 2. The first-order valence-electron chi connectivity index (χ1n) is 3.88. The molecular weight excluding hydrogens is 240 g/mol. The van der Waals surface area contributed by atoms with Gasteiger partial charge in [0.25, 0.3) is 0 Å². The minimum atomic E-state index is 0.745. The van der Waals surface area contributed by atoms with Crippen LogP contribution in [0.2, 0.25) is 0 Å². The summed E-state index contributed by atoms with van der Waals surface area (Å²) in [6.07, 6.45) is 0. The van der Waals surface area contributed by atoms with Crippen LogP contribution in [-0.2, 0) is 0 Å². The predicted octanol–water partition coefficient (Wildman–Crippen LogP) is 2.10. The average Bonchev–Trinajstić information content (AvgIpc) is 2.05. The molecule has 0 aromatic heterocycles. The zero-order valence-corrected chi connectivity index (χ0v) is 11.0. The molecule has 0 aromatic carbocycles. The van der Waals surface area contributed by atoms with Crippen molar-refractivity contribution in [1.29, 1.82) is 0 Å². The third-order valence-electron chi connectivity index (χ3n) is 0.927. The maximum Gasteiger partial charge on any atom is 0.430 e. The lowest BCUT2D eigenvalue weighted by atomic mass is 10.8. The molecule has 2 N–H and O–H groups in total. The fourth-order valence-corrected chi connectivity index (χ4v) is 2.71. The highest BCUT2D eigenvalue weighted by molar-refractivity contribution is 7.92. The highest BCUT2D eigenvalue weighted by atomic mass is 32.1. The molecule has 13 heavy (non-hydrogen) atoms. The number of hydrogen-bond donors (Lipinski definition) is 2. The maximum absolute atomic E-state index is 4.98. The van der Waals surface area contributed by atoms with Gasteiger partial charge >= 0.3 is 16.7 Å². The Labute approximate surface area is 92.5 Å². The highest BCUT2D eigenvalue weighted by Gasteiger charge is 2.00. The number of nitrogens with one attached hydrogen (secondary N) is 2. The molecule has 72 valence electrons. The van der Waals surface area contributed by atoms with Gasteiger partial charge in [0.15, 0.2) is 0 Å². The van der Waals surface area contributed by atoms with E-state index in [0.717, 1.165) is 39.3 Å². The monoisotopic (exact) mass is 252 g/mol. The van der Waals surface area contributed by atoms with Crippen LogP contribution in [0.5, 0.6) is 0 Å². The number of thiocarbonyl (C=S) groups is 2. The van der Waals surface area contributed by atoms with Gasteiger partial charge < -0.3 is 10.6 Å². The van der Waals surface area contributed by atoms with Gasteiger partial charge in [-0.3, -0.25) is 0 Å². The molecule has 0 amide bonds. The van der Waals surface area contributed by atoms with Crippen LogP contribution < -0.4 is 14.8 Å². The molecule has 0 aliphatic rings. The van der Waals surface area contributed by atoms with Crippen LogP contribution in [0.3, 0.4) is 0 Å². The van der Waals surface area contributed by atoms with Crippen LogP contribution in [0.25, 0.3) is 0 Å². The quantitative estimate of drug-likeness (QED) is 0.456. The lowest BCUT2D eigenvalue weighted by Crippen LogP contribution is -2.15. The molecule has 0 saturated carbocycles. The second-order valence-corrected chi connectivity index (χ2v) is 5.39. The molecule has 0 spiro atoms.